The summed E-state index contributed by atoms with van der Waals surface area (Å²) in [5.74, 6) is -0.575. The smallest absolute Gasteiger partial charge is 0.462 e. The van der Waals surface area contributed by atoms with Crippen LogP contribution < -0.4 is 0 Å². The zero-order valence-corrected chi connectivity index (χ0v) is 69.4. The molecule has 0 rings (SSSR count). The topological polar surface area (TPSA) is 237 Å². The maximum atomic E-state index is 13.1. The summed E-state index contributed by atoms with van der Waals surface area (Å²) in [5, 5.41) is 10.7. The van der Waals surface area contributed by atoms with Crippen molar-refractivity contribution < 1.29 is 80.2 Å². The van der Waals surface area contributed by atoms with E-state index in [-0.39, 0.29) is 25.7 Å². The summed E-state index contributed by atoms with van der Waals surface area (Å²) in [6.07, 6.45) is 66.7. The molecule has 103 heavy (non-hydrogen) atoms. The number of aliphatic hydroxyl groups excluding tert-OH is 1. The molecule has 17 nitrogen and oxygen atoms in total. The molecule has 612 valence electrons. The first-order chi connectivity index (χ1) is 49.9. The average molecular weight is 1510 g/mol. The third kappa shape index (κ3) is 76.6. The molecule has 0 radical (unpaired) electrons. The Balaban J connectivity index is 5.23. The van der Waals surface area contributed by atoms with Crippen LogP contribution in [0.4, 0.5) is 0 Å². The second-order valence-corrected chi connectivity index (χ2v) is 33.8. The van der Waals surface area contributed by atoms with Gasteiger partial charge in [0.25, 0.3) is 0 Å². The average Bonchev–Trinajstić information content (AvgIpc) is 0.920. The Morgan fingerprint density at radius 3 is 0.738 bits per heavy atom. The normalized spacial score (nSPS) is 14.1. The van der Waals surface area contributed by atoms with Gasteiger partial charge in [-0.2, -0.15) is 0 Å². The second kappa shape index (κ2) is 75.5. The van der Waals surface area contributed by atoms with Crippen LogP contribution >= 0.6 is 15.6 Å². The minimum absolute atomic E-state index is 0.107. The van der Waals surface area contributed by atoms with E-state index in [0.29, 0.717) is 25.7 Å². The van der Waals surface area contributed by atoms with Crippen LogP contribution in [-0.4, -0.2) is 96.7 Å². The standard InChI is InChI=1S/C84H164O17P2/c1-7-10-12-14-16-18-20-22-24-25-26-27-28-29-31-37-41-45-49-57-63-68-83(88)100-79(72-94-81(86)66-60-54-47-43-39-35-33-32-34-38-42-46-52-58-64-76(4)5)74-98-102(90,91)96-70-78(85)71-97-103(92,93)99-75-80(73-95-82(87)67-61-55-51-50-53-59-65-77(6)9-3)101-84(89)69-62-56-48-44-40-36-30-23-21-19-17-15-13-11-8-2/h76-80,85H,7-75H2,1-6H3,(H,90,91)(H,92,93)/t77?,78-,79-,80-/m1/s1. The summed E-state index contributed by atoms with van der Waals surface area (Å²) in [7, 11) is -9.92. The number of phosphoric ester groups is 2. The predicted octanol–water partition coefficient (Wildman–Crippen LogP) is 25.5. The molecule has 0 aliphatic heterocycles. The molecule has 0 aromatic heterocycles. The molecule has 0 bridgehead atoms. The van der Waals surface area contributed by atoms with Crippen molar-refractivity contribution in [2.75, 3.05) is 39.6 Å². The van der Waals surface area contributed by atoms with Gasteiger partial charge in [-0.05, 0) is 37.5 Å². The SMILES string of the molecule is CCCCCCCCCCCCCCCCCCCCCCCC(=O)O[C@H](COC(=O)CCCCCCCCCCCCCCCCC(C)C)COP(=O)(O)OC[C@@H](O)COP(=O)(O)OC[C@@H](COC(=O)CCCCCCCCC(C)CC)OC(=O)CCCCCCCCCCCCCCCCC. The first kappa shape index (κ1) is 101. The van der Waals surface area contributed by atoms with E-state index >= 15 is 0 Å². The fourth-order valence-electron chi connectivity index (χ4n) is 13.0. The van der Waals surface area contributed by atoms with Gasteiger partial charge in [0.1, 0.15) is 19.3 Å². The van der Waals surface area contributed by atoms with Crippen LogP contribution in [-0.2, 0) is 65.4 Å². The van der Waals surface area contributed by atoms with Gasteiger partial charge in [0.15, 0.2) is 12.2 Å². The van der Waals surface area contributed by atoms with Crippen molar-refractivity contribution in [2.45, 2.75) is 464 Å². The molecule has 3 N–H and O–H groups in total. The summed E-state index contributed by atoms with van der Waals surface area (Å²) in [5.41, 5.74) is 0. The number of hydrogen-bond donors (Lipinski definition) is 3. The van der Waals surface area contributed by atoms with Gasteiger partial charge >= 0.3 is 39.5 Å². The lowest BCUT2D eigenvalue weighted by Crippen LogP contribution is -2.30. The fraction of sp³-hybridized carbons (Fsp3) is 0.952. The molecule has 0 saturated heterocycles. The van der Waals surface area contributed by atoms with Gasteiger partial charge < -0.3 is 33.8 Å². The number of unbranched alkanes of at least 4 members (excludes halogenated alkanes) is 52. The van der Waals surface area contributed by atoms with Gasteiger partial charge in [-0.15, -0.1) is 0 Å². The minimum atomic E-state index is -4.96. The molecular weight excluding hydrogens is 1340 g/mol. The van der Waals surface area contributed by atoms with E-state index in [1.54, 1.807) is 0 Å². The monoisotopic (exact) mass is 1510 g/mol. The van der Waals surface area contributed by atoms with Crippen LogP contribution in [0.2, 0.25) is 0 Å². The highest BCUT2D eigenvalue weighted by molar-refractivity contribution is 7.47. The van der Waals surface area contributed by atoms with E-state index in [2.05, 4.69) is 41.5 Å². The Morgan fingerprint density at radius 1 is 0.282 bits per heavy atom. The van der Waals surface area contributed by atoms with Crippen molar-refractivity contribution in [3.8, 4) is 0 Å². The van der Waals surface area contributed by atoms with Gasteiger partial charge in [0.2, 0.25) is 0 Å². The summed E-state index contributed by atoms with van der Waals surface area (Å²) in [4.78, 5) is 73.1. The Hall–Kier alpha value is -1.94. The van der Waals surface area contributed by atoms with Gasteiger partial charge in [0, 0.05) is 25.7 Å². The molecular formula is C84H164O17P2. The molecule has 0 amide bonds. The molecule has 0 heterocycles. The summed E-state index contributed by atoms with van der Waals surface area (Å²) < 4.78 is 68.8. The van der Waals surface area contributed by atoms with Crippen LogP contribution in [0.15, 0.2) is 0 Å². The molecule has 0 aliphatic rings. The summed E-state index contributed by atoms with van der Waals surface area (Å²) in [6, 6.07) is 0. The van der Waals surface area contributed by atoms with Crippen molar-refractivity contribution >= 4 is 39.5 Å². The first-order valence-electron chi connectivity index (χ1n) is 43.5. The molecule has 0 aromatic carbocycles. The summed E-state index contributed by atoms with van der Waals surface area (Å²) in [6.45, 7) is 9.64. The van der Waals surface area contributed by atoms with E-state index < -0.39 is 97.5 Å². The lowest BCUT2D eigenvalue weighted by molar-refractivity contribution is -0.161. The minimum Gasteiger partial charge on any atom is -0.462 e. The zero-order valence-electron chi connectivity index (χ0n) is 67.6. The number of aliphatic hydroxyl groups is 1. The Kier molecular flexibility index (Phi) is 74.1. The number of ether oxygens (including phenoxy) is 4. The largest absolute Gasteiger partial charge is 0.472 e. The van der Waals surface area contributed by atoms with Crippen molar-refractivity contribution in [1.82, 2.24) is 0 Å². The molecule has 6 atom stereocenters. The van der Waals surface area contributed by atoms with Crippen molar-refractivity contribution in [3.05, 3.63) is 0 Å². The van der Waals surface area contributed by atoms with Gasteiger partial charge in [-0.1, -0.05) is 395 Å². The van der Waals surface area contributed by atoms with Crippen molar-refractivity contribution in [2.24, 2.45) is 11.8 Å². The maximum absolute atomic E-state index is 13.1. The van der Waals surface area contributed by atoms with E-state index in [0.717, 1.165) is 108 Å². The third-order valence-corrected chi connectivity index (χ3v) is 22.0. The lowest BCUT2D eigenvalue weighted by Gasteiger charge is -2.21. The molecule has 19 heteroatoms. The van der Waals surface area contributed by atoms with Gasteiger partial charge in [0.05, 0.1) is 26.4 Å². The highest BCUT2D eigenvalue weighted by Gasteiger charge is 2.30. The Morgan fingerprint density at radius 2 is 0.495 bits per heavy atom. The molecule has 0 fully saturated rings. The molecule has 0 spiro atoms. The van der Waals surface area contributed by atoms with E-state index in [1.165, 1.54) is 257 Å². The summed E-state index contributed by atoms with van der Waals surface area (Å²) >= 11 is 0. The fourth-order valence-corrected chi connectivity index (χ4v) is 14.6. The number of phosphoric acid groups is 2. The van der Waals surface area contributed by atoms with Gasteiger partial charge in [-0.3, -0.25) is 37.3 Å². The van der Waals surface area contributed by atoms with Crippen molar-refractivity contribution in [1.29, 1.82) is 0 Å². The molecule has 3 unspecified atom stereocenters. The Labute approximate surface area is 632 Å². The second-order valence-electron chi connectivity index (χ2n) is 30.9. The zero-order chi connectivity index (χ0) is 75.6. The molecule has 0 saturated carbocycles. The quantitative estimate of drug-likeness (QED) is 0.0222. The molecule has 0 aliphatic carbocycles. The lowest BCUT2D eigenvalue weighted by atomic mass is 10.00. The third-order valence-electron chi connectivity index (χ3n) is 20.1. The van der Waals surface area contributed by atoms with Crippen molar-refractivity contribution in [3.63, 3.8) is 0 Å². The number of carbonyl (C=O) groups excluding carboxylic acids is 4. The Bertz CT molecular complexity index is 1980. The first-order valence-corrected chi connectivity index (χ1v) is 46.5. The maximum Gasteiger partial charge on any atom is 0.472 e. The van der Waals surface area contributed by atoms with Crippen LogP contribution in [0.25, 0.3) is 0 Å². The molecule has 0 aromatic rings. The van der Waals surface area contributed by atoms with Crippen LogP contribution in [0, 0.1) is 11.8 Å². The number of esters is 4. The van der Waals surface area contributed by atoms with E-state index in [1.807, 2.05) is 0 Å². The van der Waals surface area contributed by atoms with E-state index in [4.69, 9.17) is 37.0 Å². The van der Waals surface area contributed by atoms with Gasteiger partial charge in [-0.25, -0.2) is 9.13 Å². The number of hydrogen-bond acceptors (Lipinski definition) is 15. The van der Waals surface area contributed by atoms with E-state index in [9.17, 15) is 43.2 Å². The number of rotatable bonds is 83. The predicted molar refractivity (Wildman–Crippen MR) is 423 cm³/mol. The van der Waals surface area contributed by atoms with Crippen LogP contribution in [0.3, 0.4) is 0 Å². The highest BCUT2D eigenvalue weighted by atomic mass is 31.2. The van der Waals surface area contributed by atoms with Crippen LogP contribution in [0.1, 0.15) is 446 Å². The number of carbonyl (C=O) groups is 4. The van der Waals surface area contributed by atoms with Crippen LogP contribution in [0.5, 0.6) is 0 Å². The highest BCUT2D eigenvalue weighted by Crippen LogP contribution is 2.45.